The van der Waals surface area contributed by atoms with Crippen LogP contribution in [0.15, 0.2) is 0 Å². The van der Waals surface area contributed by atoms with Gasteiger partial charge >= 0.3 is 0 Å². The highest BCUT2D eigenvalue weighted by Gasteiger charge is 2.10. The van der Waals surface area contributed by atoms with Crippen molar-refractivity contribution >= 4 is 0 Å². The van der Waals surface area contributed by atoms with Crippen molar-refractivity contribution in [2.45, 2.75) is 40.5 Å². The van der Waals surface area contributed by atoms with E-state index in [1.807, 2.05) is 0 Å². The van der Waals surface area contributed by atoms with Gasteiger partial charge < -0.3 is 10.5 Å². The van der Waals surface area contributed by atoms with Crippen LogP contribution in [0.25, 0.3) is 0 Å². The van der Waals surface area contributed by atoms with Gasteiger partial charge in [-0.25, -0.2) is 0 Å². The maximum atomic E-state index is 5.68. The van der Waals surface area contributed by atoms with Gasteiger partial charge in [-0.2, -0.15) is 0 Å². The molecule has 1 atom stereocenters. The number of ether oxygens (including phenoxy) is 1. The molecular formula is C12H27NO. The van der Waals surface area contributed by atoms with Gasteiger partial charge in [0.25, 0.3) is 0 Å². The lowest BCUT2D eigenvalue weighted by Gasteiger charge is -2.18. The third-order valence-corrected chi connectivity index (χ3v) is 2.72. The summed E-state index contributed by atoms with van der Waals surface area (Å²) in [5.41, 5.74) is 5.68. The molecule has 0 aromatic heterocycles. The molecule has 0 aliphatic rings. The molecule has 0 heterocycles. The van der Waals surface area contributed by atoms with Gasteiger partial charge in [0.15, 0.2) is 0 Å². The van der Waals surface area contributed by atoms with Gasteiger partial charge in [-0.15, -0.1) is 0 Å². The Kier molecular flexibility index (Phi) is 8.20. The van der Waals surface area contributed by atoms with E-state index in [4.69, 9.17) is 10.5 Å². The minimum atomic E-state index is 0.619. The normalized spacial score (nSPS) is 13.9. The summed E-state index contributed by atoms with van der Waals surface area (Å²) in [6.45, 7) is 11.4. The Bertz CT molecular complexity index is 123. The van der Waals surface area contributed by atoms with Crippen molar-refractivity contribution in [3.63, 3.8) is 0 Å². The van der Waals surface area contributed by atoms with E-state index in [1.54, 1.807) is 0 Å². The van der Waals surface area contributed by atoms with Gasteiger partial charge in [0.2, 0.25) is 0 Å². The molecule has 86 valence electrons. The van der Waals surface area contributed by atoms with E-state index in [-0.39, 0.29) is 0 Å². The molecule has 0 radical (unpaired) electrons. The Morgan fingerprint density at radius 3 is 2.00 bits per heavy atom. The molecule has 0 spiro atoms. The van der Waals surface area contributed by atoms with Crippen molar-refractivity contribution in [3.05, 3.63) is 0 Å². The van der Waals surface area contributed by atoms with Crippen LogP contribution < -0.4 is 5.73 Å². The second-order valence-electron chi connectivity index (χ2n) is 4.82. The van der Waals surface area contributed by atoms with Crippen LogP contribution in [0.1, 0.15) is 40.5 Å². The monoisotopic (exact) mass is 201 g/mol. The molecule has 0 saturated heterocycles. The van der Waals surface area contributed by atoms with Crippen LogP contribution in [0, 0.1) is 17.8 Å². The first kappa shape index (κ1) is 13.9. The minimum absolute atomic E-state index is 0.619. The van der Waals surface area contributed by atoms with Crippen molar-refractivity contribution < 1.29 is 4.74 Å². The van der Waals surface area contributed by atoms with E-state index in [9.17, 15) is 0 Å². The fraction of sp³-hybridized carbons (Fsp3) is 1.00. The van der Waals surface area contributed by atoms with Gasteiger partial charge in [-0.1, -0.05) is 27.7 Å². The SMILES string of the molecule is CC(C)CCOCCC(CN)C(C)C. The lowest BCUT2D eigenvalue weighted by molar-refractivity contribution is 0.105. The van der Waals surface area contributed by atoms with Gasteiger partial charge in [0.05, 0.1) is 0 Å². The molecule has 0 fully saturated rings. The first-order valence-electron chi connectivity index (χ1n) is 5.85. The molecule has 0 aliphatic heterocycles. The van der Waals surface area contributed by atoms with Crippen molar-refractivity contribution in [2.75, 3.05) is 19.8 Å². The van der Waals surface area contributed by atoms with Crippen LogP contribution >= 0.6 is 0 Å². The van der Waals surface area contributed by atoms with Gasteiger partial charge in [-0.05, 0) is 37.1 Å². The fourth-order valence-electron chi connectivity index (χ4n) is 1.38. The Morgan fingerprint density at radius 2 is 1.57 bits per heavy atom. The molecular weight excluding hydrogens is 174 g/mol. The molecule has 2 nitrogen and oxygen atoms in total. The number of hydrogen-bond donors (Lipinski definition) is 1. The highest BCUT2D eigenvalue weighted by atomic mass is 16.5. The molecule has 0 bridgehead atoms. The van der Waals surface area contributed by atoms with Gasteiger partial charge in [0.1, 0.15) is 0 Å². The maximum absolute atomic E-state index is 5.68. The van der Waals surface area contributed by atoms with Crippen LogP contribution in [-0.2, 0) is 4.74 Å². The first-order chi connectivity index (χ1) is 6.57. The fourth-order valence-corrected chi connectivity index (χ4v) is 1.38. The highest BCUT2D eigenvalue weighted by molar-refractivity contribution is 4.63. The Labute approximate surface area is 89.2 Å². The zero-order chi connectivity index (χ0) is 11.0. The van der Waals surface area contributed by atoms with E-state index >= 15 is 0 Å². The van der Waals surface area contributed by atoms with Crippen LogP contribution in [0.2, 0.25) is 0 Å². The topological polar surface area (TPSA) is 35.2 Å². The van der Waals surface area contributed by atoms with E-state index in [2.05, 4.69) is 27.7 Å². The molecule has 0 aromatic carbocycles. The second-order valence-corrected chi connectivity index (χ2v) is 4.82. The van der Waals surface area contributed by atoms with Gasteiger partial charge in [-0.3, -0.25) is 0 Å². The summed E-state index contributed by atoms with van der Waals surface area (Å²) in [7, 11) is 0. The zero-order valence-electron chi connectivity index (χ0n) is 10.3. The van der Waals surface area contributed by atoms with Crippen LogP contribution in [0.4, 0.5) is 0 Å². The average Bonchev–Trinajstić information content (AvgIpc) is 2.10. The first-order valence-corrected chi connectivity index (χ1v) is 5.85. The van der Waals surface area contributed by atoms with Crippen LogP contribution in [-0.4, -0.2) is 19.8 Å². The van der Waals surface area contributed by atoms with Crippen molar-refractivity contribution in [2.24, 2.45) is 23.5 Å². The summed E-state index contributed by atoms with van der Waals surface area (Å²) >= 11 is 0. The lowest BCUT2D eigenvalue weighted by Crippen LogP contribution is -2.21. The van der Waals surface area contributed by atoms with Crippen molar-refractivity contribution in [3.8, 4) is 0 Å². The molecule has 2 heteroatoms. The third-order valence-electron chi connectivity index (χ3n) is 2.72. The van der Waals surface area contributed by atoms with Crippen molar-refractivity contribution in [1.29, 1.82) is 0 Å². The summed E-state index contributed by atoms with van der Waals surface area (Å²) < 4.78 is 5.57. The minimum Gasteiger partial charge on any atom is -0.381 e. The Morgan fingerprint density at radius 1 is 1.00 bits per heavy atom. The standard InChI is InChI=1S/C12H27NO/c1-10(2)5-7-14-8-6-12(9-13)11(3)4/h10-12H,5-9,13H2,1-4H3. The smallest absolute Gasteiger partial charge is 0.0469 e. The summed E-state index contributed by atoms with van der Waals surface area (Å²) in [5.74, 6) is 2.04. The molecule has 0 rings (SSSR count). The average molecular weight is 201 g/mol. The lowest BCUT2D eigenvalue weighted by atomic mass is 9.93. The summed E-state index contributed by atoms with van der Waals surface area (Å²) in [5, 5.41) is 0. The molecule has 0 saturated carbocycles. The summed E-state index contributed by atoms with van der Waals surface area (Å²) in [6, 6.07) is 0. The van der Waals surface area contributed by atoms with E-state index in [1.165, 1.54) is 0 Å². The largest absolute Gasteiger partial charge is 0.381 e. The third kappa shape index (κ3) is 7.34. The molecule has 14 heavy (non-hydrogen) atoms. The summed E-state index contributed by atoms with van der Waals surface area (Å²) in [6.07, 6.45) is 2.27. The molecule has 1 unspecified atom stereocenters. The van der Waals surface area contributed by atoms with Crippen LogP contribution in [0.5, 0.6) is 0 Å². The predicted molar refractivity (Wildman–Crippen MR) is 62.3 cm³/mol. The second kappa shape index (κ2) is 8.25. The molecule has 0 aromatic rings. The number of rotatable bonds is 8. The van der Waals surface area contributed by atoms with Crippen LogP contribution in [0.3, 0.4) is 0 Å². The van der Waals surface area contributed by atoms with Crippen molar-refractivity contribution in [1.82, 2.24) is 0 Å². The molecule has 0 amide bonds. The maximum Gasteiger partial charge on any atom is 0.0469 e. The Balaban J connectivity index is 3.33. The molecule has 0 aliphatic carbocycles. The number of nitrogens with two attached hydrogens (primary N) is 1. The predicted octanol–water partition coefficient (Wildman–Crippen LogP) is 2.67. The van der Waals surface area contributed by atoms with Gasteiger partial charge in [0, 0.05) is 13.2 Å². The Hall–Kier alpha value is -0.0800. The highest BCUT2D eigenvalue weighted by Crippen LogP contribution is 2.13. The molecule has 2 N–H and O–H groups in total. The quantitative estimate of drug-likeness (QED) is 0.613. The number of hydrogen-bond acceptors (Lipinski definition) is 2. The van der Waals surface area contributed by atoms with E-state index in [0.717, 1.165) is 38.5 Å². The zero-order valence-corrected chi connectivity index (χ0v) is 10.3. The summed E-state index contributed by atoms with van der Waals surface area (Å²) in [4.78, 5) is 0. The van der Waals surface area contributed by atoms with E-state index < -0.39 is 0 Å². The van der Waals surface area contributed by atoms with E-state index in [0.29, 0.717) is 11.8 Å².